The van der Waals surface area contributed by atoms with Crippen LogP contribution in [0.1, 0.15) is 38.6 Å². The van der Waals surface area contributed by atoms with Crippen LogP contribution in [0.2, 0.25) is 0 Å². The van der Waals surface area contributed by atoms with Crippen molar-refractivity contribution in [2.75, 3.05) is 23.8 Å². The van der Waals surface area contributed by atoms with Gasteiger partial charge in [0.05, 0.1) is 17.3 Å². The summed E-state index contributed by atoms with van der Waals surface area (Å²) in [4.78, 5) is 18.8. The van der Waals surface area contributed by atoms with Crippen LogP contribution in [0.5, 0.6) is 0 Å². The minimum atomic E-state index is -3.03. The zero-order chi connectivity index (χ0) is 20.4. The third kappa shape index (κ3) is 4.63. The summed E-state index contributed by atoms with van der Waals surface area (Å²) in [7, 11) is -3.03. The molecule has 3 heterocycles. The molecule has 2 aliphatic rings. The van der Waals surface area contributed by atoms with Gasteiger partial charge < -0.3 is 4.90 Å². The number of amides is 1. The van der Waals surface area contributed by atoms with Crippen molar-refractivity contribution in [2.45, 2.75) is 49.8 Å². The van der Waals surface area contributed by atoms with Gasteiger partial charge in [0.25, 0.3) is 0 Å². The van der Waals surface area contributed by atoms with Crippen molar-refractivity contribution in [3.63, 3.8) is 0 Å². The molecule has 0 aromatic carbocycles. The second-order valence-electron chi connectivity index (χ2n) is 7.58. The summed E-state index contributed by atoms with van der Waals surface area (Å²) in [5, 5.41) is 9.42. The number of hydrogen-bond acceptors (Lipinski definition) is 7. The second kappa shape index (κ2) is 8.43. The molecule has 0 radical (unpaired) electrons. The molecule has 2 aromatic rings. The number of carbonyl (C=O) groups is 1. The number of sulfone groups is 1. The molecule has 1 aliphatic heterocycles. The van der Waals surface area contributed by atoms with Crippen LogP contribution in [-0.4, -0.2) is 68.8 Å². The molecule has 1 amide bonds. The van der Waals surface area contributed by atoms with E-state index in [1.165, 1.54) is 11.8 Å². The number of thioether (sulfide) groups is 1. The molecule has 1 saturated heterocycles. The van der Waals surface area contributed by atoms with Gasteiger partial charge in [0.15, 0.2) is 20.8 Å². The Morgan fingerprint density at radius 1 is 1.31 bits per heavy atom. The van der Waals surface area contributed by atoms with Gasteiger partial charge in [0.2, 0.25) is 5.91 Å². The lowest BCUT2D eigenvalue weighted by Gasteiger charge is -2.27. The molecule has 0 bridgehead atoms. The van der Waals surface area contributed by atoms with Crippen LogP contribution in [0.25, 0.3) is 11.4 Å². The molecule has 8 nitrogen and oxygen atoms in total. The standard InChI is InChI=1S/C19H25N5O3S2/c1-2-9-23(16-7-10-29(26,27)13-16)17(25)12-28-19-22-21-18(24(19)15-5-6-15)14-4-3-8-20-11-14/h3-4,8,11,15-16H,2,5-7,9-10,12-13H2,1H3. The highest BCUT2D eigenvalue weighted by Crippen LogP contribution is 2.41. The van der Waals surface area contributed by atoms with Gasteiger partial charge in [-0.1, -0.05) is 18.7 Å². The third-order valence-corrected chi connectivity index (χ3v) is 7.93. The van der Waals surface area contributed by atoms with Crippen molar-refractivity contribution in [3.8, 4) is 11.4 Å². The average molecular weight is 436 g/mol. The van der Waals surface area contributed by atoms with Gasteiger partial charge >= 0.3 is 0 Å². The Morgan fingerprint density at radius 3 is 2.76 bits per heavy atom. The molecule has 1 atom stereocenters. The lowest BCUT2D eigenvalue weighted by molar-refractivity contribution is -0.130. The quantitative estimate of drug-likeness (QED) is 0.586. The minimum Gasteiger partial charge on any atom is -0.338 e. The van der Waals surface area contributed by atoms with E-state index in [1.807, 2.05) is 19.1 Å². The monoisotopic (exact) mass is 435 g/mol. The van der Waals surface area contributed by atoms with Crippen molar-refractivity contribution in [2.24, 2.45) is 0 Å². The highest BCUT2D eigenvalue weighted by molar-refractivity contribution is 7.99. The van der Waals surface area contributed by atoms with Gasteiger partial charge in [-0.15, -0.1) is 10.2 Å². The summed E-state index contributed by atoms with van der Waals surface area (Å²) >= 11 is 1.38. The normalized spacial score (nSPS) is 20.7. The number of rotatable bonds is 8. The van der Waals surface area contributed by atoms with Crippen LogP contribution in [0.4, 0.5) is 0 Å². The van der Waals surface area contributed by atoms with E-state index in [0.29, 0.717) is 19.0 Å². The second-order valence-corrected chi connectivity index (χ2v) is 10.8. The van der Waals surface area contributed by atoms with Crippen LogP contribution in [0.3, 0.4) is 0 Å². The van der Waals surface area contributed by atoms with Crippen LogP contribution in [-0.2, 0) is 14.6 Å². The molecule has 10 heteroatoms. The molecule has 0 N–H and O–H groups in total. The zero-order valence-corrected chi connectivity index (χ0v) is 18.0. The van der Waals surface area contributed by atoms with E-state index >= 15 is 0 Å². The minimum absolute atomic E-state index is 0.0350. The number of nitrogens with zero attached hydrogens (tertiary/aromatic N) is 5. The van der Waals surface area contributed by atoms with E-state index in [0.717, 1.165) is 35.8 Å². The fraction of sp³-hybridized carbons (Fsp3) is 0.579. The molecule has 156 valence electrons. The number of aromatic nitrogens is 4. The Morgan fingerprint density at radius 2 is 2.14 bits per heavy atom. The molecule has 1 aliphatic carbocycles. The van der Waals surface area contributed by atoms with Gasteiger partial charge in [-0.3, -0.25) is 14.3 Å². The number of carbonyl (C=O) groups excluding carboxylic acids is 1. The van der Waals surface area contributed by atoms with Crippen LogP contribution >= 0.6 is 11.8 Å². The van der Waals surface area contributed by atoms with Gasteiger partial charge in [0.1, 0.15) is 0 Å². The number of pyridine rings is 1. The Labute approximate surface area is 175 Å². The molecular weight excluding hydrogens is 410 g/mol. The first-order chi connectivity index (χ1) is 14.0. The van der Waals surface area contributed by atoms with Gasteiger partial charge in [-0.25, -0.2) is 8.42 Å². The van der Waals surface area contributed by atoms with Crippen molar-refractivity contribution >= 4 is 27.5 Å². The van der Waals surface area contributed by atoms with Crippen molar-refractivity contribution in [1.82, 2.24) is 24.6 Å². The van der Waals surface area contributed by atoms with Crippen LogP contribution < -0.4 is 0 Å². The molecule has 1 unspecified atom stereocenters. The van der Waals surface area contributed by atoms with E-state index in [4.69, 9.17) is 0 Å². The summed E-state index contributed by atoms with van der Waals surface area (Å²) < 4.78 is 25.8. The van der Waals surface area contributed by atoms with E-state index in [1.54, 1.807) is 17.3 Å². The predicted molar refractivity (Wildman–Crippen MR) is 111 cm³/mol. The first-order valence-corrected chi connectivity index (χ1v) is 12.8. The first kappa shape index (κ1) is 20.3. The molecule has 2 aromatic heterocycles. The summed E-state index contributed by atoms with van der Waals surface area (Å²) in [5.41, 5.74) is 0.911. The maximum atomic E-state index is 12.9. The van der Waals surface area contributed by atoms with E-state index in [9.17, 15) is 13.2 Å². The molecule has 0 spiro atoms. The molecule has 1 saturated carbocycles. The Hall–Kier alpha value is -1.94. The molecule has 29 heavy (non-hydrogen) atoms. The average Bonchev–Trinajstić information content (AvgIpc) is 3.36. The summed E-state index contributed by atoms with van der Waals surface area (Å²) in [6, 6.07) is 3.99. The molecular formula is C19H25N5O3S2. The van der Waals surface area contributed by atoms with Crippen LogP contribution in [0.15, 0.2) is 29.7 Å². The summed E-state index contributed by atoms with van der Waals surface area (Å²) in [6.45, 7) is 2.58. The highest BCUT2D eigenvalue weighted by Gasteiger charge is 2.35. The maximum Gasteiger partial charge on any atom is 0.233 e. The topological polar surface area (TPSA) is 98.1 Å². The van der Waals surface area contributed by atoms with E-state index in [2.05, 4.69) is 19.7 Å². The molecule has 4 rings (SSSR count). The van der Waals surface area contributed by atoms with Gasteiger partial charge in [0, 0.05) is 36.6 Å². The zero-order valence-electron chi connectivity index (χ0n) is 16.4. The smallest absolute Gasteiger partial charge is 0.233 e. The summed E-state index contributed by atoms with van der Waals surface area (Å²) in [5.74, 6) is 1.22. The largest absolute Gasteiger partial charge is 0.338 e. The van der Waals surface area contributed by atoms with Crippen LogP contribution in [0, 0.1) is 0 Å². The van der Waals surface area contributed by atoms with Gasteiger partial charge in [-0.2, -0.15) is 0 Å². The summed E-state index contributed by atoms with van der Waals surface area (Å²) in [6.07, 6.45) is 6.98. The van der Waals surface area contributed by atoms with E-state index < -0.39 is 9.84 Å². The Balaban J connectivity index is 1.48. The lowest BCUT2D eigenvalue weighted by Crippen LogP contribution is -2.42. The predicted octanol–water partition coefficient (Wildman–Crippen LogP) is 2.19. The SMILES string of the molecule is CCCN(C(=O)CSc1nnc(-c2cccnc2)n1C1CC1)C1CCS(=O)(=O)C1. The van der Waals surface area contributed by atoms with Crippen molar-refractivity contribution < 1.29 is 13.2 Å². The lowest BCUT2D eigenvalue weighted by atomic mass is 10.2. The third-order valence-electron chi connectivity index (χ3n) is 5.26. The Bertz CT molecular complexity index is 973. The molecule has 2 fully saturated rings. The number of hydrogen-bond donors (Lipinski definition) is 0. The highest BCUT2D eigenvalue weighted by atomic mass is 32.2. The van der Waals surface area contributed by atoms with E-state index in [-0.39, 0.29) is 29.2 Å². The van der Waals surface area contributed by atoms with Gasteiger partial charge in [-0.05, 0) is 37.8 Å². The fourth-order valence-corrected chi connectivity index (χ4v) is 6.33. The fourth-order valence-electron chi connectivity index (χ4n) is 3.71. The first-order valence-electron chi connectivity index (χ1n) is 9.96. The van der Waals surface area contributed by atoms with Crippen molar-refractivity contribution in [3.05, 3.63) is 24.5 Å². The maximum absolute atomic E-state index is 12.9. The van der Waals surface area contributed by atoms with Crippen molar-refractivity contribution in [1.29, 1.82) is 0 Å². The Kier molecular flexibility index (Phi) is 5.91.